The molecule has 0 amide bonds. The largest absolute Gasteiger partial charge is 0.540 e. The zero-order valence-electron chi connectivity index (χ0n) is 27.8. The van der Waals surface area contributed by atoms with Crippen LogP contribution in [0.15, 0.2) is 100 Å². The average Bonchev–Trinajstić information content (AvgIpc) is 3.45. The van der Waals surface area contributed by atoms with E-state index in [1.54, 1.807) is 13.1 Å². The molecule has 3 aromatic rings. The summed E-state index contributed by atoms with van der Waals surface area (Å²) in [7, 11) is 4.01. The van der Waals surface area contributed by atoms with Crippen molar-refractivity contribution in [2.24, 2.45) is 7.05 Å². The summed E-state index contributed by atoms with van der Waals surface area (Å²) in [6.07, 6.45) is 9.83. The number of ether oxygens (including phenoxy) is 2. The number of hydrogen-bond donors (Lipinski definition) is 0. The zero-order chi connectivity index (χ0) is 38.2. The molecule has 13 nitrogen and oxygen atoms in total. The van der Waals surface area contributed by atoms with Crippen LogP contribution in [0.1, 0.15) is 43.4 Å². The maximum absolute atomic E-state index is 12.7. The second-order valence-electron chi connectivity index (χ2n) is 10.1. The molecule has 52 heavy (non-hydrogen) atoms. The number of oxazole rings is 1. The fourth-order valence-electron chi connectivity index (χ4n) is 4.66. The lowest BCUT2D eigenvalue weighted by molar-refractivity contribution is -0.678. The van der Waals surface area contributed by atoms with Crippen LogP contribution < -0.4 is 9.67 Å². The Hall–Kier alpha value is -8.23. The Morgan fingerprint density at radius 3 is 1.90 bits per heavy atom. The fourth-order valence-corrected chi connectivity index (χ4v) is 4.66. The highest BCUT2D eigenvalue weighted by molar-refractivity contribution is 5.92. The molecule has 13 heteroatoms. The summed E-state index contributed by atoms with van der Waals surface area (Å²) < 4.78 is 16.2. The Morgan fingerprint density at radius 2 is 1.42 bits per heavy atom. The Bertz CT molecular complexity index is 2300. The van der Waals surface area contributed by atoms with E-state index >= 15 is 0 Å². The smallest absolute Gasteiger partial charge is 0.337 e. The third-order valence-corrected chi connectivity index (χ3v) is 7.22. The standard InChI is InChI=1S/C39H25N7O6/c1-44-31(23-42)35(25-13-17-27(18-14-25)37(47)50-4)29(21-40)9-6-7-11-33-39(49)52-34(46(33)3)12-8-10-30(22-41)36(32(24-43)45-2)26-15-19-28(20-16-26)38(48)51-5/h6-20,31H,3-5H3/b12-8+,30-10+,36-32+. The predicted octanol–water partition coefficient (Wildman–Crippen LogP) is 5.43. The van der Waals surface area contributed by atoms with Gasteiger partial charge in [0.25, 0.3) is 11.6 Å². The van der Waals surface area contributed by atoms with Gasteiger partial charge < -0.3 is 19.0 Å². The molecule has 0 aliphatic carbocycles. The number of hydrogen-bond acceptors (Lipinski definition) is 10. The molecule has 3 rings (SSSR count). The monoisotopic (exact) mass is 687 g/mol. The first kappa shape index (κ1) is 38.2. The van der Waals surface area contributed by atoms with Crippen LogP contribution in [0, 0.1) is 58.5 Å². The van der Waals surface area contributed by atoms with Crippen molar-refractivity contribution in [3.05, 3.63) is 152 Å². The molecule has 0 saturated heterocycles. The second kappa shape index (κ2) is 18.3. The molecule has 0 fully saturated rings. The first-order chi connectivity index (χ1) is 25.1. The number of esters is 2. The molecule has 0 saturated carbocycles. The van der Waals surface area contributed by atoms with Crippen molar-refractivity contribution in [3.8, 4) is 30.2 Å². The zero-order valence-corrected chi connectivity index (χ0v) is 27.8. The molecule has 0 aliphatic heterocycles. The summed E-state index contributed by atoms with van der Waals surface area (Å²) in [6, 6.07) is 18.1. The second-order valence-corrected chi connectivity index (χ2v) is 10.1. The SMILES string of the molecule is [C-]#[N+]/C(C#N)=C(/C(C#N)=C/C=C/c1oc([O-])c(/C=C/C=C/C(C#N)=C(/c2ccc(C(=O)OC)cc2)C(C#N)[N+]#[C-])[n+]1C)c1ccc(C(=O)OC)cc1. The number of nitrogens with zero attached hydrogens (tertiary/aromatic N) is 7. The minimum Gasteiger partial charge on any atom is -0.540 e. The molecule has 0 aliphatic rings. The summed E-state index contributed by atoms with van der Waals surface area (Å²) in [5, 5.41) is 51.7. The van der Waals surface area contributed by atoms with E-state index in [1.165, 1.54) is 110 Å². The van der Waals surface area contributed by atoms with E-state index in [4.69, 9.17) is 27.0 Å². The molecule has 1 heterocycles. The van der Waals surface area contributed by atoms with Gasteiger partial charge in [-0.25, -0.2) is 26.3 Å². The number of benzene rings is 2. The van der Waals surface area contributed by atoms with Crippen LogP contribution in [0.25, 0.3) is 33.0 Å². The van der Waals surface area contributed by atoms with E-state index in [0.29, 0.717) is 11.1 Å². The van der Waals surface area contributed by atoms with Crippen LogP contribution in [0.5, 0.6) is 5.95 Å². The molecular weight excluding hydrogens is 662 g/mol. The number of aromatic nitrogens is 1. The fraction of sp³-hybridized carbons (Fsp3) is 0.103. The molecular formula is C39H25N7O6. The summed E-state index contributed by atoms with van der Waals surface area (Å²) in [5.74, 6) is -1.78. The van der Waals surface area contributed by atoms with Gasteiger partial charge in [0.05, 0.1) is 66.8 Å². The van der Waals surface area contributed by atoms with Gasteiger partial charge in [-0.1, -0.05) is 42.5 Å². The van der Waals surface area contributed by atoms with Crippen molar-refractivity contribution >= 4 is 35.2 Å². The van der Waals surface area contributed by atoms with Crippen molar-refractivity contribution in [2.75, 3.05) is 14.2 Å². The van der Waals surface area contributed by atoms with Crippen molar-refractivity contribution in [1.82, 2.24) is 0 Å². The van der Waals surface area contributed by atoms with E-state index < -0.39 is 23.9 Å². The molecule has 0 N–H and O–H groups in total. The van der Waals surface area contributed by atoms with Gasteiger partial charge in [0, 0.05) is 17.7 Å². The first-order valence-corrected chi connectivity index (χ1v) is 14.8. The Balaban J connectivity index is 1.95. The summed E-state index contributed by atoms with van der Waals surface area (Å²) in [5.41, 5.74) is 1.07. The molecule has 252 valence electrons. The maximum atomic E-state index is 12.7. The van der Waals surface area contributed by atoms with Gasteiger partial charge in [0.1, 0.15) is 13.0 Å². The average molecular weight is 688 g/mol. The van der Waals surface area contributed by atoms with Gasteiger partial charge in [-0.05, 0) is 47.5 Å². The highest BCUT2D eigenvalue weighted by atomic mass is 16.5. The quantitative estimate of drug-likeness (QED) is 0.0824. The molecule has 2 aromatic carbocycles. The van der Waals surface area contributed by atoms with Crippen LogP contribution in [-0.4, -0.2) is 32.2 Å². The molecule has 1 atom stereocenters. The van der Waals surface area contributed by atoms with Gasteiger partial charge in [-0.15, -0.1) is 0 Å². The van der Waals surface area contributed by atoms with Gasteiger partial charge in [0.2, 0.25) is 5.69 Å². The lowest BCUT2D eigenvalue weighted by atomic mass is 9.93. The van der Waals surface area contributed by atoms with Gasteiger partial charge in [0.15, 0.2) is 6.07 Å². The molecule has 0 spiro atoms. The van der Waals surface area contributed by atoms with Gasteiger partial charge >= 0.3 is 18.0 Å². The summed E-state index contributed by atoms with van der Waals surface area (Å²) in [6.45, 7) is 14.9. The van der Waals surface area contributed by atoms with E-state index in [1.807, 2.05) is 18.2 Å². The third kappa shape index (κ3) is 8.81. The number of nitriles is 4. The van der Waals surface area contributed by atoms with Crippen LogP contribution in [0.3, 0.4) is 0 Å². The van der Waals surface area contributed by atoms with Crippen molar-refractivity contribution in [2.45, 2.75) is 6.04 Å². The van der Waals surface area contributed by atoms with Gasteiger partial charge in [-0.2, -0.15) is 20.4 Å². The Labute approximate surface area is 299 Å². The van der Waals surface area contributed by atoms with Crippen LogP contribution in [0.4, 0.5) is 0 Å². The number of rotatable bonds is 11. The van der Waals surface area contributed by atoms with Crippen molar-refractivity contribution < 1.29 is 33.2 Å². The topological polar surface area (TPSA) is 197 Å². The lowest BCUT2D eigenvalue weighted by Gasteiger charge is -2.08. The number of allylic oxidation sites excluding steroid dienone is 9. The summed E-state index contributed by atoms with van der Waals surface area (Å²) in [4.78, 5) is 30.2. The van der Waals surface area contributed by atoms with Crippen LogP contribution in [-0.2, 0) is 16.5 Å². The normalized spacial score (nSPS) is 12.7. The van der Waals surface area contributed by atoms with Gasteiger partial charge in [-0.3, -0.25) is 4.85 Å². The summed E-state index contributed by atoms with van der Waals surface area (Å²) >= 11 is 0. The number of carbonyl (C=O) groups excluding carboxylic acids is 2. The number of methoxy groups -OCH3 is 2. The molecule has 0 bridgehead atoms. The third-order valence-electron chi connectivity index (χ3n) is 7.22. The molecule has 1 unspecified atom stereocenters. The van der Waals surface area contributed by atoms with Crippen molar-refractivity contribution in [1.29, 1.82) is 21.0 Å². The molecule has 1 aromatic heterocycles. The number of carbonyl (C=O) groups is 2. The minimum atomic E-state index is -1.32. The first-order valence-electron chi connectivity index (χ1n) is 14.8. The lowest BCUT2D eigenvalue weighted by Crippen LogP contribution is -2.32. The van der Waals surface area contributed by atoms with E-state index in [-0.39, 0.29) is 50.7 Å². The maximum Gasteiger partial charge on any atom is 0.337 e. The highest BCUT2D eigenvalue weighted by Gasteiger charge is 2.24. The van der Waals surface area contributed by atoms with Crippen LogP contribution in [0.2, 0.25) is 0 Å². The predicted molar refractivity (Wildman–Crippen MR) is 183 cm³/mol. The van der Waals surface area contributed by atoms with Crippen molar-refractivity contribution in [3.63, 3.8) is 0 Å². The van der Waals surface area contributed by atoms with E-state index in [0.717, 1.165) is 0 Å². The Kier molecular flexibility index (Phi) is 13.5. The highest BCUT2D eigenvalue weighted by Crippen LogP contribution is 2.29. The Morgan fingerprint density at radius 1 is 0.846 bits per heavy atom. The van der Waals surface area contributed by atoms with E-state index in [9.17, 15) is 35.7 Å². The van der Waals surface area contributed by atoms with E-state index in [2.05, 4.69) is 9.69 Å². The minimum absolute atomic E-state index is 0.00578. The van der Waals surface area contributed by atoms with Crippen LogP contribution >= 0.6 is 0 Å². The molecule has 0 radical (unpaired) electrons.